The highest BCUT2D eigenvalue weighted by Gasteiger charge is 2.22. The van der Waals surface area contributed by atoms with Crippen LogP contribution in [0.1, 0.15) is 16.7 Å². The Morgan fingerprint density at radius 1 is 0.833 bits per heavy atom. The van der Waals surface area contributed by atoms with Crippen LogP contribution in [0.15, 0.2) is 85.6 Å². The zero-order chi connectivity index (χ0) is 20.2. The topological polar surface area (TPSA) is 54.9 Å². The lowest BCUT2D eigenvalue weighted by Crippen LogP contribution is -2.30. The van der Waals surface area contributed by atoms with Crippen LogP contribution in [0.5, 0.6) is 0 Å². The second-order valence-electron chi connectivity index (χ2n) is 7.09. The molecular formula is C24H14N2O2S2. The van der Waals surface area contributed by atoms with Crippen molar-refractivity contribution in [3.8, 4) is 5.69 Å². The van der Waals surface area contributed by atoms with Gasteiger partial charge >= 0.3 is 5.69 Å². The SMILES string of the molecule is O=c1[nH]c(=O)n(-c2ccccc2)cc1C1=Cc2ccc3c4c(ccc(c24)S1)C=CS3. The molecule has 0 spiro atoms. The van der Waals surface area contributed by atoms with Gasteiger partial charge in [-0.15, -0.1) is 0 Å². The number of thioether (sulfide) groups is 2. The van der Waals surface area contributed by atoms with E-state index >= 15 is 0 Å². The van der Waals surface area contributed by atoms with Crippen molar-refractivity contribution in [2.75, 3.05) is 0 Å². The second kappa shape index (κ2) is 6.65. The van der Waals surface area contributed by atoms with E-state index in [-0.39, 0.29) is 5.56 Å². The van der Waals surface area contributed by atoms with Gasteiger partial charge in [-0.05, 0) is 53.0 Å². The summed E-state index contributed by atoms with van der Waals surface area (Å²) in [5.41, 5.74) is 2.68. The summed E-state index contributed by atoms with van der Waals surface area (Å²) in [4.78, 5) is 30.8. The van der Waals surface area contributed by atoms with Crippen LogP contribution in [0.25, 0.3) is 33.5 Å². The predicted octanol–water partition coefficient (Wildman–Crippen LogP) is 5.36. The normalized spacial score (nSPS) is 14.1. The number of nitrogens with one attached hydrogen (secondary N) is 1. The van der Waals surface area contributed by atoms with Gasteiger partial charge in [0, 0.05) is 31.7 Å². The van der Waals surface area contributed by atoms with Crippen LogP contribution in [0.3, 0.4) is 0 Å². The molecule has 0 bridgehead atoms. The van der Waals surface area contributed by atoms with Gasteiger partial charge < -0.3 is 0 Å². The average molecular weight is 427 g/mol. The van der Waals surface area contributed by atoms with Gasteiger partial charge in [-0.2, -0.15) is 0 Å². The zero-order valence-electron chi connectivity index (χ0n) is 15.6. The van der Waals surface area contributed by atoms with E-state index in [4.69, 9.17) is 0 Å². The molecule has 2 aliphatic heterocycles. The third-order valence-electron chi connectivity index (χ3n) is 5.34. The van der Waals surface area contributed by atoms with Crippen LogP contribution in [0.2, 0.25) is 0 Å². The number of H-pyrrole nitrogens is 1. The maximum absolute atomic E-state index is 12.7. The summed E-state index contributed by atoms with van der Waals surface area (Å²) in [5, 5.41) is 4.61. The molecule has 0 amide bonds. The lowest BCUT2D eigenvalue weighted by atomic mass is 9.98. The molecular weight excluding hydrogens is 412 g/mol. The number of hydrogen-bond donors (Lipinski definition) is 1. The smallest absolute Gasteiger partial charge is 0.273 e. The summed E-state index contributed by atoms with van der Waals surface area (Å²) in [6.07, 6.45) is 5.83. The summed E-state index contributed by atoms with van der Waals surface area (Å²) in [5.74, 6) is 0. The first kappa shape index (κ1) is 17.6. The Bertz CT molecular complexity index is 1530. The number of aromatic nitrogens is 2. The van der Waals surface area contributed by atoms with Crippen molar-refractivity contribution >= 4 is 51.4 Å². The van der Waals surface area contributed by atoms with Gasteiger partial charge in [0.2, 0.25) is 0 Å². The Hall–Kier alpha value is -3.22. The molecule has 3 heterocycles. The molecule has 0 aliphatic carbocycles. The molecule has 1 aromatic heterocycles. The van der Waals surface area contributed by atoms with Crippen LogP contribution >= 0.6 is 23.5 Å². The summed E-state index contributed by atoms with van der Waals surface area (Å²) in [7, 11) is 0. The van der Waals surface area contributed by atoms with E-state index in [9.17, 15) is 9.59 Å². The molecule has 30 heavy (non-hydrogen) atoms. The molecule has 144 valence electrons. The first-order valence-corrected chi connectivity index (χ1v) is 11.1. The highest BCUT2D eigenvalue weighted by molar-refractivity contribution is 8.08. The Labute approximate surface area is 180 Å². The van der Waals surface area contributed by atoms with Crippen molar-refractivity contribution in [3.05, 3.63) is 104 Å². The van der Waals surface area contributed by atoms with Crippen molar-refractivity contribution in [1.82, 2.24) is 9.55 Å². The quantitative estimate of drug-likeness (QED) is 0.469. The van der Waals surface area contributed by atoms with Crippen LogP contribution in [0, 0.1) is 0 Å². The zero-order valence-corrected chi connectivity index (χ0v) is 17.2. The van der Waals surface area contributed by atoms with Gasteiger partial charge in [0.05, 0.1) is 11.3 Å². The van der Waals surface area contributed by atoms with Gasteiger partial charge in [-0.25, -0.2) is 4.79 Å². The predicted molar refractivity (Wildman–Crippen MR) is 125 cm³/mol. The molecule has 6 heteroatoms. The molecule has 0 unspecified atom stereocenters. The molecule has 4 aromatic rings. The number of rotatable bonds is 2. The summed E-state index contributed by atoms with van der Waals surface area (Å²) in [6.45, 7) is 0. The first-order chi connectivity index (χ1) is 14.7. The minimum absolute atomic E-state index is 0.376. The Balaban J connectivity index is 1.57. The number of benzene rings is 3. The lowest BCUT2D eigenvalue weighted by Gasteiger charge is -2.21. The van der Waals surface area contributed by atoms with Crippen molar-refractivity contribution in [1.29, 1.82) is 0 Å². The molecule has 0 saturated heterocycles. The van der Waals surface area contributed by atoms with Crippen LogP contribution < -0.4 is 11.2 Å². The van der Waals surface area contributed by atoms with E-state index in [0.29, 0.717) is 11.3 Å². The van der Waals surface area contributed by atoms with E-state index in [2.05, 4.69) is 40.7 Å². The number of aromatic amines is 1. The molecule has 0 saturated carbocycles. The monoisotopic (exact) mass is 426 g/mol. The third kappa shape index (κ3) is 2.65. The van der Waals surface area contributed by atoms with Crippen LogP contribution in [0.4, 0.5) is 0 Å². The van der Waals surface area contributed by atoms with Crippen molar-refractivity contribution < 1.29 is 0 Å². The minimum Gasteiger partial charge on any atom is -0.273 e. The third-order valence-corrected chi connectivity index (χ3v) is 7.32. The summed E-state index contributed by atoms with van der Waals surface area (Å²) in [6, 6.07) is 17.8. The van der Waals surface area contributed by atoms with E-state index in [1.807, 2.05) is 36.4 Å². The Kier molecular flexibility index (Phi) is 3.91. The molecule has 3 aromatic carbocycles. The molecule has 1 N–H and O–H groups in total. The molecule has 6 rings (SSSR count). The Morgan fingerprint density at radius 3 is 2.47 bits per heavy atom. The Morgan fingerprint density at radius 2 is 1.60 bits per heavy atom. The van der Waals surface area contributed by atoms with Gasteiger partial charge in [0.25, 0.3) is 5.56 Å². The first-order valence-electron chi connectivity index (χ1n) is 9.43. The van der Waals surface area contributed by atoms with Gasteiger partial charge in [0.15, 0.2) is 0 Å². The number of nitrogens with zero attached hydrogens (tertiary/aromatic N) is 1. The van der Waals surface area contributed by atoms with Crippen LogP contribution in [-0.2, 0) is 0 Å². The number of hydrogen-bond acceptors (Lipinski definition) is 4. The second-order valence-corrected chi connectivity index (χ2v) is 9.13. The molecule has 4 nitrogen and oxygen atoms in total. The van der Waals surface area contributed by atoms with E-state index in [0.717, 1.165) is 15.4 Å². The van der Waals surface area contributed by atoms with Gasteiger partial charge in [-0.1, -0.05) is 53.9 Å². The highest BCUT2D eigenvalue weighted by atomic mass is 32.2. The fourth-order valence-electron chi connectivity index (χ4n) is 3.96. The lowest BCUT2D eigenvalue weighted by molar-refractivity contribution is 0.891. The standard InChI is InChI=1S/C24H14N2O2S2/c27-23-17(13-26(24(28)25-23)16-4-2-1-3-5-16)20-12-15-7-8-18-21-14(10-11-29-18)6-9-19(30-20)22(15)21/h1-13H,(H,25,27,28). The van der Waals surface area contributed by atoms with Gasteiger partial charge in [0.1, 0.15) is 0 Å². The summed E-state index contributed by atoms with van der Waals surface area (Å²) >= 11 is 3.30. The molecule has 0 atom stereocenters. The maximum atomic E-state index is 12.7. The van der Waals surface area contributed by atoms with Crippen molar-refractivity contribution in [2.45, 2.75) is 9.79 Å². The number of para-hydroxylation sites is 1. The molecule has 2 aliphatic rings. The maximum Gasteiger partial charge on any atom is 0.332 e. The molecule has 0 radical (unpaired) electrons. The van der Waals surface area contributed by atoms with Crippen LogP contribution in [-0.4, -0.2) is 9.55 Å². The minimum atomic E-state index is -0.445. The molecule has 0 fully saturated rings. The van der Waals surface area contributed by atoms with E-state index in [1.165, 1.54) is 25.8 Å². The van der Waals surface area contributed by atoms with E-state index in [1.54, 1.807) is 29.7 Å². The van der Waals surface area contributed by atoms with Crippen molar-refractivity contribution in [3.63, 3.8) is 0 Å². The highest BCUT2D eigenvalue weighted by Crippen LogP contribution is 2.48. The van der Waals surface area contributed by atoms with Crippen molar-refractivity contribution in [2.24, 2.45) is 0 Å². The van der Waals surface area contributed by atoms with E-state index < -0.39 is 5.69 Å². The summed E-state index contributed by atoms with van der Waals surface area (Å²) < 4.78 is 1.48. The largest absolute Gasteiger partial charge is 0.332 e. The average Bonchev–Trinajstić information content (AvgIpc) is 2.78. The van der Waals surface area contributed by atoms with Gasteiger partial charge in [-0.3, -0.25) is 14.3 Å². The fourth-order valence-corrected chi connectivity index (χ4v) is 5.94. The fraction of sp³-hybridized carbons (Fsp3) is 0.